The van der Waals surface area contributed by atoms with Gasteiger partial charge in [0.25, 0.3) is 5.69 Å². The van der Waals surface area contributed by atoms with Crippen molar-refractivity contribution in [2.45, 2.75) is 25.6 Å². The largest absolute Gasteiger partial charge is 0.271 e. The van der Waals surface area contributed by atoms with Crippen LogP contribution >= 0.6 is 11.6 Å². The van der Waals surface area contributed by atoms with Gasteiger partial charge in [0, 0.05) is 12.1 Å². The summed E-state index contributed by atoms with van der Waals surface area (Å²) in [6.07, 6.45) is 2.45. The molecule has 7 heteroatoms. The fourth-order valence-corrected chi connectivity index (χ4v) is 1.81. The molecule has 1 aromatic heterocycles. The number of nitro groups is 1. The Bertz CT molecular complexity index is 612. The molecule has 0 aliphatic rings. The van der Waals surface area contributed by atoms with Crippen molar-refractivity contribution in [1.82, 2.24) is 15.0 Å². The summed E-state index contributed by atoms with van der Waals surface area (Å²) in [6, 6.07) is 4.63. The van der Waals surface area contributed by atoms with Gasteiger partial charge in [-0.1, -0.05) is 18.2 Å². The first-order valence-corrected chi connectivity index (χ1v) is 6.28. The summed E-state index contributed by atoms with van der Waals surface area (Å²) < 4.78 is 1.52. The number of nitro benzene ring substituents is 1. The van der Waals surface area contributed by atoms with Gasteiger partial charge in [-0.25, -0.2) is 4.68 Å². The summed E-state index contributed by atoms with van der Waals surface area (Å²) >= 11 is 6.09. The van der Waals surface area contributed by atoms with Crippen molar-refractivity contribution in [2.24, 2.45) is 0 Å². The molecule has 0 amide bonds. The highest BCUT2D eigenvalue weighted by atomic mass is 35.5. The molecule has 0 fully saturated rings. The van der Waals surface area contributed by atoms with Crippen molar-refractivity contribution in [3.8, 4) is 5.69 Å². The van der Waals surface area contributed by atoms with Gasteiger partial charge < -0.3 is 0 Å². The summed E-state index contributed by atoms with van der Waals surface area (Å²) in [5.74, 6) is 0. The molecular formula is C12H13ClN4O2. The Balaban J connectivity index is 2.43. The number of aromatic nitrogens is 3. The third kappa shape index (κ3) is 2.73. The van der Waals surface area contributed by atoms with E-state index >= 15 is 0 Å². The van der Waals surface area contributed by atoms with E-state index in [-0.39, 0.29) is 11.1 Å². The van der Waals surface area contributed by atoms with Gasteiger partial charge in [-0.2, -0.15) is 0 Å². The molecule has 1 heterocycles. The molecule has 100 valence electrons. The van der Waals surface area contributed by atoms with Crippen LogP contribution in [0, 0.1) is 17.0 Å². The maximum Gasteiger partial charge on any atom is 0.271 e. The van der Waals surface area contributed by atoms with Gasteiger partial charge in [0.2, 0.25) is 0 Å². The molecule has 1 atom stereocenters. The number of aryl methyl sites for hydroxylation is 1. The molecule has 6 nitrogen and oxygen atoms in total. The quantitative estimate of drug-likeness (QED) is 0.490. The Kier molecular flexibility index (Phi) is 3.80. The predicted molar refractivity (Wildman–Crippen MR) is 71.6 cm³/mol. The van der Waals surface area contributed by atoms with E-state index in [1.165, 1.54) is 16.8 Å². The van der Waals surface area contributed by atoms with Crippen LogP contribution in [0.2, 0.25) is 0 Å². The molecule has 1 unspecified atom stereocenters. The third-order valence-corrected chi connectivity index (χ3v) is 3.37. The van der Waals surface area contributed by atoms with E-state index in [0.29, 0.717) is 11.4 Å². The second-order valence-electron chi connectivity index (χ2n) is 4.19. The van der Waals surface area contributed by atoms with Gasteiger partial charge in [-0.3, -0.25) is 10.1 Å². The summed E-state index contributed by atoms with van der Waals surface area (Å²) in [7, 11) is 0. The number of rotatable bonds is 4. The first-order valence-electron chi connectivity index (χ1n) is 5.84. The maximum absolute atomic E-state index is 10.8. The fraction of sp³-hybridized carbons (Fsp3) is 0.333. The lowest BCUT2D eigenvalue weighted by atomic mass is 10.2. The Morgan fingerprint density at radius 1 is 1.53 bits per heavy atom. The van der Waals surface area contributed by atoms with Crippen LogP contribution in [0.25, 0.3) is 5.69 Å². The summed E-state index contributed by atoms with van der Waals surface area (Å²) in [5, 5.41) is 18.6. The van der Waals surface area contributed by atoms with Crippen LogP contribution in [-0.4, -0.2) is 19.9 Å². The molecule has 0 spiro atoms. The van der Waals surface area contributed by atoms with Gasteiger partial charge in [0.1, 0.15) is 5.69 Å². The molecule has 0 saturated heterocycles. The van der Waals surface area contributed by atoms with Crippen molar-refractivity contribution in [3.63, 3.8) is 0 Å². The zero-order valence-electron chi connectivity index (χ0n) is 10.6. The highest BCUT2D eigenvalue weighted by Crippen LogP contribution is 2.24. The summed E-state index contributed by atoms with van der Waals surface area (Å²) in [5.41, 5.74) is 2.20. The maximum atomic E-state index is 10.8. The van der Waals surface area contributed by atoms with Crippen LogP contribution in [0.1, 0.15) is 30.0 Å². The molecule has 2 aromatic rings. The Hall–Kier alpha value is -1.95. The van der Waals surface area contributed by atoms with Crippen LogP contribution in [0.15, 0.2) is 24.4 Å². The summed E-state index contributed by atoms with van der Waals surface area (Å²) in [4.78, 5) is 10.4. The number of nitrogens with zero attached hydrogens (tertiary/aromatic N) is 4. The molecule has 0 aliphatic heterocycles. The number of hydrogen-bond donors (Lipinski definition) is 0. The first-order chi connectivity index (χ1) is 9.02. The minimum Gasteiger partial charge on any atom is -0.258 e. The lowest BCUT2D eigenvalue weighted by Crippen LogP contribution is -1.99. The minimum absolute atomic E-state index is 0.0237. The number of non-ortho nitro benzene ring substituents is 1. The zero-order chi connectivity index (χ0) is 14.0. The molecular weight excluding hydrogens is 268 g/mol. The second kappa shape index (κ2) is 5.36. The molecule has 0 aliphatic carbocycles. The van der Waals surface area contributed by atoms with Crippen LogP contribution in [0.3, 0.4) is 0 Å². The van der Waals surface area contributed by atoms with E-state index in [9.17, 15) is 10.1 Å². The van der Waals surface area contributed by atoms with E-state index in [1.807, 2.05) is 13.8 Å². The Morgan fingerprint density at radius 3 is 2.89 bits per heavy atom. The van der Waals surface area contributed by atoms with E-state index in [2.05, 4.69) is 10.3 Å². The smallest absolute Gasteiger partial charge is 0.258 e. The van der Waals surface area contributed by atoms with Crippen molar-refractivity contribution in [1.29, 1.82) is 0 Å². The molecule has 1 aromatic carbocycles. The monoisotopic (exact) mass is 280 g/mol. The number of hydrogen-bond acceptors (Lipinski definition) is 4. The number of halogens is 1. The van der Waals surface area contributed by atoms with E-state index < -0.39 is 4.92 Å². The van der Waals surface area contributed by atoms with Crippen LogP contribution < -0.4 is 0 Å². The van der Waals surface area contributed by atoms with Crippen molar-refractivity contribution in [2.75, 3.05) is 0 Å². The van der Waals surface area contributed by atoms with Gasteiger partial charge in [-0.05, 0) is 18.9 Å². The van der Waals surface area contributed by atoms with E-state index in [1.54, 1.807) is 12.3 Å². The lowest BCUT2D eigenvalue weighted by molar-refractivity contribution is -0.384. The fourth-order valence-electron chi connectivity index (χ4n) is 1.71. The average Bonchev–Trinajstić information content (AvgIpc) is 2.87. The standard InChI is InChI=1S/C12H13ClN4O2/c1-3-10(13)11-7-16(15-14-11)12-6-9(17(18)19)5-4-8(12)2/h4-7,10H,3H2,1-2H3. The third-order valence-electron chi connectivity index (χ3n) is 2.84. The van der Waals surface area contributed by atoms with E-state index in [4.69, 9.17) is 11.6 Å². The molecule has 0 radical (unpaired) electrons. The first kappa shape index (κ1) is 13.5. The minimum atomic E-state index is -0.433. The van der Waals surface area contributed by atoms with Crippen LogP contribution in [0.5, 0.6) is 0 Å². The van der Waals surface area contributed by atoms with Gasteiger partial charge in [-0.15, -0.1) is 16.7 Å². The van der Waals surface area contributed by atoms with Gasteiger partial charge >= 0.3 is 0 Å². The SMILES string of the molecule is CCC(Cl)c1cn(-c2cc([N+](=O)[O-])ccc2C)nn1. The van der Waals surface area contributed by atoms with Crippen molar-refractivity contribution in [3.05, 3.63) is 45.8 Å². The molecule has 0 bridgehead atoms. The average molecular weight is 281 g/mol. The van der Waals surface area contributed by atoms with Gasteiger partial charge in [0.15, 0.2) is 0 Å². The molecule has 19 heavy (non-hydrogen) atoms. The van der Waals surface area contributed by atoms with E-state index in [0.717, 1.165) is 12.0 Å². The predicted octanol–water partition coefficient (Wildman–Crippen LogP) is 3.17. The van der Waals surface area contributed by atoms with Crippen LogP contribution in [-0.2, 0) is 0 Å². The lowest BCUT2D eigenvalue weighted by Gasteiger charge is -2.04. The zero-order valence-corrected chi connectivity index (χ0v) is 11.3. The normalized spacial score (nSPS) is 12.4. The highest BCUT2D eigenvalue weighted by Gasteiger charge is 2.14. The second-order valence-corrected chi connectivity index (χ2v) is 4.72. The Labute approximate surface area is 115 Å². The molecule has 0 N–H and O–H groups in total. The topological polar surface area (TPSA) is 73.8 Å². The van der Waals surface area contributed by atoms with Crippen LogP contribution in [0.4, 0.5) is 5.69 Å². The Morgan fingerprint density at radius 2 is 2.26 bits per heavy atom. The molecule has 0 saturated carbocycles. The number of benzene rings is 1. The number of alkyl halides is 1. The highest BCUT2D eigenvalue weighted by molar-refractivity contribution is 6.20. The van der Waals surface area contributed by atoms with Gasteiger partial charge in [0.05, 0.1) is 22.2 Å². The summed E-state index contributed by atoms with van der Waals surface area (Å²) in [6.45, 7) is 3.81. The van der Waals surface area contributed by atoms with Crippen molar-refractivity contribution >= 4 is 17.3 Å². The molecule has 2 rings (SSSR count). The van der Waals surface area contributed by atoms with Crippen molar-refractivity contribution < 1.29 is 4.92 Å².